The van der Waals surface area contributed by atoms with Gasteiger partial charge in [-0.05, 0) is 19.1 Å². The van der Waals surface area contributed by atoms with Gasteiger partial charge < -0.3 is 15.3 Å². The largest absolute Gasteiger partial charge is 0.478 e. The number of carbonyl (C=O) groups excluding carboxylic acids is 1. The van der Waals surface area contributed by atoms with Gasteiger partial charge in [-0.3, -0.25) is 4.79 Å². The zero-order valence-corrected chi connectivity index (χ0v) is 10.2. The van der Waals surface area contributed by atoms with E-state index in [1.807, 2.05) is 0 Å². The lowest BCUT2D eigenvalue weighted by molar-refractivity contribution is -0.119. The second kappa shape index (κ2) is 6.00. The lowest BCUT2D eigenvalue weighted by atomic mass is 10.1. The summed E-state index contributed by atoms with van der Waals surface area (Å²) in [5.74, 6) is -2.19. The van der Waals surface area contributed by atoms with Crippen LogP contribution >= 0.6 is 0 Å². The van der Waals surface area contributed by atoms with E-state index in [2.05, 4.69) is 5.32 Å². The van der Waals surface area contributed by atoms with Crippen LogP contribution in [0.25, 0.3) is 0 Å². The third-order valence-corrected chi connectivity index (χ3v) is 2.35. The summed E-state index contributed by atoms with van der Waals surface area (Å²) < 4.78 is 13.7. The molecule has 98 valence electrons. The van der Waals surface area contributed by atoms with Gasteiger partial charge in [-0.2, -0.15) is 0 Å². The lowest BCUT2D eigenvalue weighted by Gasteiger charge is -2.21. The zero-order chi connectivity index (χ0) is 13.7. The number of hydrogen-bond donors (Lipinski definition) is 2. The van der Waals surface area contributed by atoms with Crippen LogP contribution in [-0.2, 0) is 4.79 Å². The SMILES string of the molecule is CCNC(=O)CN(C)c1c(F)cccc1C(=O)O. The van der Waals surface area contributed by atoms with Crippen LogP contribution in [0, 0.1) is 5.82 Å². The Morgan fingerprint density at radius 2 is 2.11 bits per heavy atom. The molecule has 0 heterocycles. The minimum Gasteiger partial charge on any atom is -0.478 e. The van der Waals surface area contributed by atoms with E-state index in [1.54, 1.807) is 6.92 Å². The molecule has 0 saturated carbocycles. The van der Waals surface area contributed by atoms with Crippen LogP contribution in [0.1, 0.15) is 17.3 Å². The van der Waals surface area contributed by atoms with Crippen molar-refractivity contribution in [1.82, 2.24) is 5.32 Å². The number of hydrogen-bond acceptors (Lipinski definition) is 3. The Labute approximate surface area is 104 Å². The third-order valence-electron chi connectivity index (χ3n) is 2.35. The Hall–Kier alpha value is -2.11. The van der Waals surface area contributed by atoms with Crippen molar-refractivity contribution >= 4 is 17.6 Å². The van der Waals surface area contributed by atoms with E-state index in [1.165, 1.54) is 24.1 Å². The number of carboxylic acids is 1. The highest BCUT2D eigenvalue weighted by atomic mass is 19.1. The molecule has 1 amide bonds. The molecule has 0 radical (unpaired) electrons. The summed E-state index contributed by atoms with van der Waals surface area (Å²) in [5.41, 5.74) is -0.252. The highest BCUT2D eigenvalue weighted by molar-refractivity contribution is 5.95. The minimum atomic E-state index is -1.23. The van der Waals surface area contributed by atoms with Crippen molar-refractivity contribution < 1.29 is 19.1 Å². The van der Waals surface area contributed by atoms with Gasteiger partial charge in [-0.25, -0.2) is 9.18 Å². The first-order chi connectivity index (χ1) is 8.47. The van der Waals surface area contributed by atoms with Crippen molar-refractivity contribution in [2.45, 2.75) is 6.92 Å². The van der Waals surface area contributed by atoms with Gasteiger partial charge in [0.1, 0.15) is 5.82 Å². The van der Waals surface area contributed by atoms with Gasteiger partial charge in [-0.15, -0.1) is 0 Å². The number of amides is 1. The smallest absolute Gasteiger partial charge is 0.337 e. The van der Waals surface area contributed by atoms with Gasteiger partial charge in [0.25, 0.3) is 0 Å². The van der Waals surface area contributed by atoms with Crippen LogP contribution in [0.15, 0.2) is 18.2 Å². The molecule has 18 heavy (non-hydrogen) atoms. The number of rotatable bonds is 5. The van der Waals surface area contributed by atoms with E-state index in [9.17, 15) is 14.0 Å². The van der Waals surface area contributed by atoms with Gasteiger partial charge >= 0.3 is 5.97 Å². The van der Waals surface area contributed by atoms with Crippen LogP contribution in [0.4, 0.5) is 10.1 Å². The predicted octanol–water partition coefficient (Wildman–Crippen LogP) is 1.10. The molecule has 0 fully saturated rings. The fraction of sp³-hybridized carbons (Fsp3) is 0.333. The van der Waals surface area contributed by atoms with Gasteiger partial charge in [0, 0.05) is 13.6 Å². The summed E-state index contributed by atoms with van der Waals surface area (Å²) in [4.78, 5) is 23.7. The number of aromatic carboxylic acids is 1. The van der Waals surface area contributed by atoms with Crippen molar-refractivity contribution in [2.75, 3.05) is 25.0 Å². The molecule has 0 aliphatic rings. The number of likely N-dealkylation sites (N-methyl/N-ethyl adjacent to an activating group) is 2. The molecule has 1 rings (SSSR count). The highest BCUT2D eigenvalue weighted by Crippen LogP contribution is 2.23. The highest BCUT2D eigenvalue weighted by Gasteiger charge is 2.19. The van der Waals surface area contributed by atoms with Crippen LogP contribution in [-0.4, -0.2) is 37.1 Å². The summed E-state index contributed by atoms with van der Waals surface area (Å²) in [5, 5.41) is 11.5. The van der Waals surface area contributed by atoms with Crippen LogP contribution in [0.3, 0.4) is 0 Å². The molecule has 1 aromatic carbocycles. The van der Waals surface area contributed by atoms with Crippen molar-refractivity contribution in [3.63, 3.8) is 0 Å². The Morgan fingerprint density at radius 3 is 2.67 bits per heavy atom. The summed E-state index contributed by atoms with van der Waals surface area (Å²) in [6, 6.07) is 3.78. The number of halogens is 1. The van der Waals surface area contributed by atoms with E-state index in [4.69, 9.17) is 5.11 Å². The molecule has 2 N–H and O–H groups in total. The maximum Gasteiger partial charge on any atom is 0.337 e. The number of benzene rings is 1. The standard InChI is InChI=1S/C12H15FN2O3/c1-3-14-10(16)7-15(2)11-8(12(17)18)5-4-6-9(11)13/h4-6H,3,7H2,1-2H3,(H,14,16)(H,17,18). The van der Waals surface area contributed by atoms with Crippen LogP contribution in [0.5, 0.6) is 0 Å². The molecule has 0 spiro atoms. The molecule has 0 aliphatic carbocycles. The topological polar surface area (TPSA) is 69.6 Å². The maximum atomic E-state index is 13.7. The number of nitrogens with one attached hydrogen (secondary N) is 1. The molecule has 0 unspecified atom stereocenters. The van der Waals surface area contributed by atoms with E-state index in [0.29, 0.717) is 6.54 Å². The molecule has 6 heteroatoms. The Kier molecular flexibility index (Phi) is 4.65. The van der Waals surface area contributed by atoms with E-state index < -0.39 is 11.8 Å². The van der Waals surface area contributed by atoms with E-state index >= 15 is 0 Å². The second-order valence-corrected chi connectivity index (χ2v) is 3.75. The lowest BCUT2D eigenvalue weighted by Crippen LogP contribution is -2.36. The number of nitrogens with zero attached hydrogens (tertiary/aromatic N) is 1. The third kappa shape index (κ3) is 3.19. The van der Waals surface area contributed by atoms with E-state index in [-0.39, 0.29) is 23.7 Å². The summed E-state index contributed by atoms with van der Waals surface area (Å²) in [7, 11) is 1.47. The molecule has 0 bridgehead atoms. The predicted molar refractivity (Wildman–Crippen MR) is 65.3 cm³/mol. The van der Waals surface area contributed by atoms with Crippen molar-refractivity contribution in [3.8, 4) is 0 Å². The van der Waals surface area contributed by atoms with Crippen molar-refractivity contribution in [1.29, 1.82) is 0 Å². The van der Waals surface area contributed by atoms with Gasteiger partial charge in [0.15, 0.2) is 0 Å². The van der Waals surface area contributed by atoms with E-state index in [0.717, 1.165) is 6.07 Å². The van der Waals surface area contributed by atoms with Crippen LogP contribution < -0.4 is 10.2 Å². The maximum absolute atomic E-state index is 13.7. The first-order valence-electron chi connectivity index (χ1n) is 5.47. The minimum absolute atomic E-state index is 0.0868. The number of anilines is 1. The normalized spacial score (nSPS) is 9.94. The Bertz CT molecular complexity index is 463. The van der Waals surface area contributed by atoms with Crippen molar-refractivity contribution in [3.05, 3.63) is 29.6 Å². The average Bonchev–Trinajstić information content (AvgIpc) is 2.28. The fourth-order valence-corrected chi connectivity index (χ4v) is 1.62. The van der Waals surface area contributed by atoms with Gasteiger partial charge in [0.05, 0.1) is 17.8 Å². The number of carbonyl (C=O) groups is 2. The molecule has 0 aliphatic heterocycles. The van der Waals surface area contributed by atoms with Crippen molar-refractivity contribution in [2.24, 2.45) is 0 Å². The number of carboxylic acid groups (broad SMARTS) is 1. The summed E-state index contributed by atoms with van der Waals surface area (Å²) >= 11 is 0. The molecule has 0 aromatic heterocycles. The first kappa shape index (κ1) is 14.0. The average molecular weight is 254 g/mol. The Balaban J connectivity index is 3.00. The molecule has 1 aromatic rings. The quantitative estimate of drug-likeness (QED) is 0.825. The molecule has 0 saturated heterocycles. The monoisotopic (exact) mass is 254 g/mol. The Morgan fingerprint density at radius 1 is 1.44 bits per heavy atom. The first-order valence-corrected chi connectivity index (χ1v) is 5.47. The second-order valence-electron chi connectivity index (χ2n) is 3.75. The number of para-hydroxylation sites is 1. The molecular weight excluding hydrogens is 239 g/mol. The molecule has 5 nitrogen and oxygen atoms in total. The molecular formula is C12H15FN2O3. The van der Waals surface area contributed by atoms with Gasteiger partial charge in [-0.1, -0.05) is 6.07 Å². The van der Waals surface area contributed by atoms with Crippen LogP contribution in [0.2, 0.25) is 0 Å². The molecule has 0 atom stereocenters. The summed E-state index contributed by atoms with van der Waals surface area (Å²) in [6.07, 6.45) is 0. The summed E-state index contributed by atoms with van der Waals surface area (Å²) in [6.45, 7) is 2.13. The fourth-order valence-electron chi connectivity index (χ4n) is 1.62. The van der Waals surface area contributed by atoms with Gasteiger partial charge in [0.2, 0.25) is 5.91 Å². The zero-order valence-electron chi connectivity index (χ0n) is 10.2.